The minimum atomic E-state index is -1.000. The summed E-state index contributed by atoms with van der Waals surface area (Å²) in [6.45, 7) is 5.50. The van der Waals surface area contributed by atoms with Crippen molar-refractivity contribution in [3.63, 3.8) is 0 Å². The predicted molar refractivity (Wildman–Crippen MR) is 76.2 cm³/mol. The summed E-state index contributed by atoms with van der Waals surface area (Å²) in [6, 6.07) is 6.81. The maximum atomic E-state index is 13.7. The van der Waals surface area contributed by atoms with Gasteiger partial charge in [-0.25, -0.2) is 9.18 Å². The van der Waals surface area contributed by atoms with Crippen LogP contribution in [0.4, 0.5) is 14.9 Å². The Morgan fingerprint density at radius 3 is 2.50 bits per heavy atom. The molecule has 20 heavy (non-hydrogen) atoms. The summed E-state index contributed by atoms with van der Waals surface area (Å²) >= 11 is 0. The molecule has 4 nitrogen and oxygen atoms in total. The van der Waals surface area contributed by atoms with Gasteiger partial charge < -0.3 is 10.5 Å². The fraction of sp³-hybridized carbons (Fsp3) is 0.533. The van der Waals surface area contributed by atoms with Crippen LogP contribution in [0.25, 0.3) is 0 Å². The monoisotopic (exact) mass is 280 g/mol. The number of anilines is 1. The fourth-order valence-electron chi connectivity index (χ4n) is 2.17. The number of hydrogen-bond acceptors (Lipinski definition) is 3. The van der Waals surface area contributed by atoms with E-state index in [0.717, 1.165) is 5.56 Å². The average Bonchev–Trinajstić information content (AvgIpc) is 2.32. The molecule has 2 rings (SSSR count). The zero-order valence-corrected chi connectivity index (χ0v) is 12.1. The molecule has 5 heteroatoms. The Balaban J connectivity index is 1.99. The first-order valence-corrected chi connectivity index (χ1v) is 6.74. The molecule has 2 N–H and O–H groups in total. The molecule has 110 valence electrons. The first-order chi connectivity index (χ1) is 9.26. The molecular formula is C15H21FN2O2. The number of nitrogens with zero attached hydrogens (tertiary/aromatic N) is 1. The van der Waals surface area contributed by atoms with Crippen molar-refractivity contribution in [2.24, 2.45) is 0 Å². The van der Waals surface area contributed by atoms with Gasteiger partial charge in [-0.15, -0.1) is 0 Å². The van der Waals surface area contributed by atoms with Crippen LogP contribution in [0.3, 0.4) is 0 Å². The molecule has 1 aliphatic heterocycles. The minimum Gasteiger partial charge on any atom is -0.444 e. The second-order valence-electron chi connectivity index (χ2n) is 6.16. The van der Waals surface area contributed by atoms with Crippen LogP contribution in [0.15, 0.2) is 24.3 Å². The van der Waals surface area contributed by atoms with Gasteiger partial charge in [0.05, 0.1) is 12.6 Å². The highest BCUT2D eigenvalue weighted by Crippen LogP contribution is 2.27. The van der Waals surface area contributed by atoms with Gasteiger partial charge in [-0.2, -0.15) is 0 Å². The van der Waals surface area contributed by atoms with Gasteiger partial charge in [0, 0.05) is 5.69 Å². The van der Waals surface area contributed by atoms with Crippen molar-refractivity contribution in [1.29, 1.82) is 0 Å². The van der Waals surface area contributed by atoms with Crippen LogP contribution in [0.5, 0.6) is 0 Å². The van der Waals surface area contributed by atoms with E-state index in [4.69, 9.17) is 10.5 Å². The van der Waals surface area contributed by atoms with Crippen molar-refractivity contribution < 1.29 is 13.9 Å². The first kappa shape index (κ1) is 14.6. The highest BCUT2D eigenvalue weighted by Gasteiger charge is 2.43. The van der Waals surface area contributed by atoms with Gasteiger partial charge in [0.15, 0.2) is 0 Å². The average molecular weight is 280 g/mol. The van der Waals surface area contributed by atoms with Gasteiger partial charge in [-0.05, 0) is 44.9 Å². The van der Waals surface area contributed by atoms with Gasteiger partial charge in [-0.1, -0.05) is 12.1 Å². The lowest BCUT2D eigenvalue weighted by Gasteiger charge is -2.44. The van der Waals surface area contributed by atoms with Crippen LogP contribution in [0, 0.1) is 0 Å². The Labute approximate surface area is 118 Å². The number of carbonyl (C=O) groups is 1. The van der Waals surface area contributed by atoms with E-state index in [9.17, 15) is 9.18 Å². The lowest BCUT2D eigenvalue weighted by Crippen LogP contribution is -2.62. The Morgan fingerprint density at radius 2 is 2.00 bits per heavy atom. The molecular weight excluding hydrogens is 259 g/mol. The van der Waals surface area contributed by atoms with Crippen molar-refractivity contribution in [3.8, 4) is 0 Å². The number of ether oxygens (including phenoxy) is 1. The number of nitrogen functional groups attached to an aromatic ring is 1. The summed E-state index contributed by atoms with van der Waals surface area (Å²) in [6.07, 6.45) is -0.979. The van der Waals surface area contributed by atoms with E-state index in [0.29, 0.717) is 12.1 Å². The van der Waals surface area contributed by atoms with E-state index < -0.39 is 23.9 Å². The van der Waals surface area contributed by atoms with Crippen molar-refractivity contribution in [2.75, 3.05) is 12.3 Å². The highest BCUT2D eigenvalue weighted by molar-refractivity contribution is 5.70. The lowest BCUT2D eigenvalue weighted by molar-refractivity contribution is -0.0398. The van der Waals surface area contributed by atoms with E-state index >= 15 is 0 Å². The lowest BCUT2D eigenvalue weighted by atomic mass is 9.94. The number of alkyl halides is 1. The molecule has 1 aromatic carbocycles. The van der Waals surface area contributed by atoms with Crippen molar-refractivity contribution in [3.05, 3.63) is 29.8 Å². The zero-order chi connectivity index (χ0) is 14.9. The molecule has 0 aliphatic carbocycles. The van der Waals surface area contributed by atoms with Gasteiger partial charge in [0.1, 0.15) is 11.8 Å². The number of likely N-dealkylation sites (tertiary alicyclic amines) is 1. The third kappa shape index (κ3) is 3.40. The molecule has 1 aliphatic rings. The zero-order valence-electron chi connectivity index (χ0n) is 12.1. The third-order valence-corrected chi connectivity index (χ3v) is 3.24. The summed E-state index contributed by atoms with van der Waals surface area (Å²) < 4.78 is 19.0. The smallest absolute Gasteiger partial charge is 0.410 e. The van der Waals surface area contributed by atoms with E-state index in [-0.39, 0.29) is 6.54 Å². The van der Waals surface area contributed by atoms with E-state index in [1.54, 1.807) is 32.9 Å². The van der Waals surface area contributed by atoms with Gasteiger partial charge in [0.2, 0.25) is 0 Å². The number of nitrogens with two attached hydrogens (primary N) is 1. The van der Waals surface area contributed by atoms with Gasteiger partial charge in [0.25, 0.3) is 0 Å². The third-order valence-electron chi connectivity index (χ3n) is 3.24. The predicted octanol–water partition coefficient (Wildman–Crippen LogP) is 2.77. The molecule has 0 aromatic heterocycles. The molecule has 0 saturated carbocycles. The molecule has 1 amide bonds. The van der Waals surface area contributed by atoms with E-state index in [2.05, 4.69) is 0 Å². The molecule has 1 fully saturated rings. The van der Waals surface area contributed by atoms with Crippen LogP contribution in [-0.4, -0.2) is 35.4 Å². The number of hydrogen-bond donors (Lipinski definition) is 1. The molecule has 0 bridgehead atoms. The molecule has 0 spiro atoms. The quantitative estimate of drug-likeness (QED) is 0.847. The maximum Gasteiger partial charge on any atom is 0.410 e. The molecule has 1 saturated heterocycles. The highest BCUT2D eigenvalue weighted by atomic mass is 19.1. The SMILES string of the molecule is CC(C)(C)OC(=O)N1CC(F)C1Cc1ccc(N)cc1. The van der Waals surface area contributed by atoms with Crippen LogP contribution < -0.4 is 5.73 Å². The summed E-state index contributed by atoms with van der Waals surface area (Å²) in [5.74, 6) is 0. The minimum absolute atomic E-state index is 0.106. The Kier molecular flexibility index (Phi) is 3.88. The Morgan fingerprint density at radius 1 is 1.40 bits per heavy atom. The Bertz CT molecular complexity index is 482. The standard InChI is InChI=1S/C15H21FN2O2/c1-15(2,3)20-14(19)18-9-12(16)13(18)8-10-4-6-11(17)7-5-10/h4-7,12-13H,8-9,17H2,1-3H3. The molecule has 1 heterocycles. The molecule has 0 radical (unpaired) electrons. The number of halogens is 1. The molecule has 2 unspecified atom stereocenters. The normalized spacial score (nSPS) is 22.3. The number of rotatable bonds is 2. The summed E-state index contributed by atoms with van der Waals surface area (Å²) in [5.41, 5.74) is 6.68. The number of carbonyl (C=O) groups excluding carboxylic acids is 1. The number of benzene rings is 1. The fourth-order valence-corrected chi connectivity index (χ4v) is 2.17. The van der Waals surface area contributed by atoms with Crippen LogP contribution in [-0.2, 0) is 11.2 Å². The van der Waals surface area contributed by atoms with Crippen molar-refractivity contribution in [2.45, 2.75) is 45.0 Å². The second-order valence-corrected chi connectivity index (χ2v) is 6.16. The largest absolute Gasteiger partial charge is 0.444 e. The maximum absolute atomic E-state index is 13.7. The van der Waals surface area contributed by atoms with Gasteiger partial charge in [-0.3, -0.25) is 4.90 Å². The van der Waals surface area contributed by atoms with Crippen molar-refractivity contribution >= 4 is 11.8 Å². The van der Waals surface area contributed by atoms with Gasteiger partial charge >= 0.3 is 6.09 Å². The topological polar surface area (TPSA) is 55.6 Å². The number of amides is 1. The van der Waals surface area contributed by atoms with Crippen LogP contribution in [0.1, 0.15) is 26.3 Å². The summed E-state index contributed by atoms with van der Waals surface area (Å²) in [5, 5.41) is 0. The van der Waals surface area contributed by atoms with Crippen LogP contribution in [0.2, 0.25) is 0 Å². The van der Waals surface area contributed by atoms with Crippen molar-refractivity contribution in [1.82, 2.24) is 4.90 Å². The first-order valence-electron chi connectivity index (χ1n) is 6.74. The summed E-state index contributed by atoms with van der Waals surface area (Å²) in [7, 11) is 0. The molecule has 1 aromatic rings. The van der Waals surface area contributed by atoms with Crippen LogP contribution >= 0.6 is 0 Å². The second kappa shape index (κ2) is 5.31. The van der Waals surface area contributed by atoms with E-state index in [1.165, 1.54) is 4.90 Å². The summed E-state index contributed by atoms with van der Waals surface area (Å²) in [4.78, 5) is 13.4. The molecule has 2 atom stereocenters. The van der Waals surface area contributed by atoms with E-state index in [1.807, 2.05) is 12.1 Å². The Hall–Kier alpha value is -1.78.